The third-order valence-electron chi connectivity index (χ3n) is 2.12. The van der Waals surface area contributed by atoms with Crippen LogP contribution in [0.25, 0.3) is 0 Å². The Morgan fingerprint density at radius 1 is 1.60 bits per heavy atom. The fourth-order valence-electron chi connectivity index (χ4n) is 1.33. The fraction of sp³-hybridized carbons (Fsp3) is 0.364. The van der Waals surface area contributed by atoms with E-state index < -0.39 is 17.9 Å². The standard InChI is InChI=1S/C11H14FNO2/c1-7(14)11(15)10(13)6-8-3-2-4-9(12)5-8/h2-5,7,10,14H,6,13H2,1H3. The van der Waals surface area contributed by atoms with E-state index in [1.54, 1.807) is 12.1 Å². The van der Waals surface area contributed by atoms with Crippen molar-refractivity contribution in [2.24, 2.45) is 5.73 Å². The van der Waals surface area contributed by atoms with E-state index in [9.17, 15) is 9.18 Å². The maximum Gasteiger partial charge on any atom is 0.177 e. The minimum atomic E-state index is -1.08. The zero-order valence-electron chi connectivity index (χ0n) is 8.48. The Hall–Kier alpha value is -1.26. The number of aliphatic hydroxyl groups excluding tert-OH is 1. The largest absolute Gasteiger partial charge is 0.386 e. The molecule has 0 bridgehead atoms. The molecule has 0 saturated carbocycles. The average Bonchev–Trinajstić information content (AvgIpc) is 2.16. The molecule has 0 spiro atoms. The van der Waals surface area contributed by atoms with Crippen LogP contribution >= 0.6 is 0 Å². The Kier molecular flexibility index (Phi) is 3.94. The van der Waals surface area contributed by atoms with Crippen LogP contribution in [0.1, 0.15) is 12.5 Å². The molecule has 0 aliphatic heterocycles. The van der Waals surface area contributed by atoms with Gasteiger partial charge in [-0.25, -0.2) is 4.39 Å². The Balaban J connectivity index is 2.66. The molecule has 2 atom stereocenters. The summed E-state index contributed by atoms with van der Waals surface area (Å²) in [6.45, 7) is 1.37. The maximum atomic E-state index is 12.8. The maximum absolute atomic E-state index is 12.8. The molecule has 0 aliphatic carbocycles. The molecular weight excluding hydrogens is 197 g/mol. The highest BCUT2D eigenvalue weighted by molar-refractivity contribution is 5.87. The van der Waals surface area contributed by atoms with Crippen molar-refractivity contribution in [2.45, 2.75) is 25.5 Å². The summed E-state index contributed by atoms with van der Waals surface area (Å²) in [5.41, 5.74) is 6.22. The van der Waals surface area contributed by atoms with Gasteiger partial charge in [-0.05, 0) is 31.0 Å². The number of aliphatic hydroxyl groups is 1. The molecule has 2 unspecified atom stereocenters. The van der Waals surface area contributed by atoms with Gasteiger partial charge in [-0.15, -0.1) is 0 Å². The molecule has 82 valence electrons. The predicted molar refractivity (Wildman–Crippen MR) is 54.8 cm³/mol. The first-order chi connectivity index (χ1) is 7.00. The second-order valence-corrected chi connectivity index (χ2v) is 3.52. The van der Waals surface area contributed by atoms with Crippen molar-refractivity contribution < 1.29 is 14.3 Å². The summed E-state index contributed by atoms with van der Waals surface area (Å²) >= 11 is 0. The molecule has 0 aliphatic rings. The summed E-state index contributed by atoms with van der Waals surface area (Å²) in [6, 6.07) is 5.12. The Labute approximate surface area is 87.7 Å². The number of Topliss-reactive ketones (excluding diaryl/α,β-unsaturated/α-hetero) is 1. The van der Waals surface area contributed by atoms with E-state index in [2.05, 4.69) is 0 Å². The van der Waals surface area contributed by atoms with Crippen molar-refractivity contribution in [1.82, 2.24) is 0 Å². The molecular formula is C11H14FNO2. The number of carbonyl (C=O) groups is 1. The summed E-state index contributed by atoms with van der Waals surface area (Å²) in [5, 5.41) is 9.02. The van der Waals surface area contributed by atoms with E-state index in [1.807, 2.05) is 0 Å². The van der Waals surface area contributed by atoms with Gasteiger partial charge in [0.1, 0.15) is 11.9 Å². The number of rotatable bonds is 4. The summed E-state index contributed by atoms with van der Waals surface area (Å²) in [6.07, 6.45) is -0.838. The van der Waals surface area contributed by atoms with Gasteiger partial charge in [0.05, 0.1) is 6.04 Å². The van der Waals surface area contributed by atoms with Gasteiger partial charge < -0.3 is 10.8 Å². The topological polar surface area (TPSA) is 63.3 Å². The van der Waals surface area contributed by atoms with Gasteiger partial charge in [-0.2, -0.15) is 0 Å². The van der Waals surface area contributed by atoms with E-state index in [4.69, 9.17) is 10.8 Å². The number of hydrogen-bond acceptors (Lipinski definition) is 3. The first-order valence-corrected chi connectivity index (χ1v) is 4.72. The van der Waals surface area contributed by atoms with Crippen molar-refractivity contribution in [2.75, 3.05) is 0 Å². The molecule has 0 amide bonds. The van der Waals surface area contributed by atoms with E-state index in [0.29, 0.717) is 5.56 Å². The van der Waals surface area contributed by atoms with Gasteiger partial charge in [-0.1, -0.05) is 12.1 Å². The lowest BCUT2D eigenvalue weighted by Gasteiger charge is -2.12. The molecule has 0 fully saturated rings. The van der Waals surface area contributed by atoms with Gasteiger partial charge in [0.2, 0.25) is 0 Å². The zero-order chi connectivity index (χ0) is 11.4. The predicted octanol–water partition coefficient (Wildman–Crippen LogP) is 0.645. The minimum absolute atomic E-state index is 0.238. The van der Waals surface area contributed by atoms with E-state index in [0.717, 1.165) is 0 Å². The van der Waals surface area contributed by atoms with E-state index in [-0.39, 0.29) is 12.2 Å². The molecule has 1 rings (SSSR count). The van der Waals surface area contributed by atoms with Crippen LogP contribution in [0.5, 0.6) is 0 Å². The fourth-order valence-corrected chi connectivity index (χ4v) is 1.33. The lowest BCUT2D eigenvalue weighted by atomic mass is 10.0. The van der Waals surface area contributed by atoms with Gasteiger partial charge in [0.25, 0.3) is 0 Å². The first kappa shape index (κ1) is 11.8. The third-order valence-corrected chi connectivity index (χ3v) is 2.12. The number of nitrogens with two attached hydrogens (primary N) is 1. The van der Waals surface area contributed by atoms with Crippen LogP contribution in [0.3, 0.4) is 0 Å². The third kappa shape index (κ3) is 3.42. The molecule has 0 aromatic heterocycles. The van der Waals surface area contributed by atoms with Crippen LogP contribution in [0, 0.1) is 5.82 Å². The second kappa shape index (κ2) is 5.00. The smallest absolute Gasteiger partial charge is 0.177 e. The highest BCUT2D eigenvalue weighted by Gasteiger charge is 2.18. The summed E-state index contributed by atoms with van der Waals surface area (Å²) < 4.78 is 12.8. The van der Waals surface area contributed by atoms with Crippen molar-refractivity contribution in [3.63, 3.8) is 0 Å². The molecule has 3 N–H and O–H groups in total. The van der Waals surface area contributed by atoms with Crippen molar-refractivity contribution in [1.29, 1.82) is 0 Å². The first-order valence-electron chi connectivity index (χ1n) is 4.72. The lowest BCUT2D eigenvalue weighted by molar-refractivity contribution is -0.127. The average molecular weight is 211 g/mol. The summed E-state index contributed by atoms with van der Waals surface area (Å²) in [7, 11) is 0. The van der Waals surface area contributed by atoms with Crippen molar-refractivity contribution in [3.8, 4) is 0 Å². The number of hydrogen-bond donors (Lipinski definition) is 2. The molecule has 0 heterocycles. The quantitative estimate of drug-likeness (QED) is 0.768. The van der Waals surface area contributed by atoms with Crippen LogP contribution in [-0.4, -0.2) is 23.0 Å². The lowest BCUT2D eigenvalue weighted by Crippen LogP contribution is -2.38. The Morgan fingerprint density at radius 3 is 2.80 bits per heavy atom. The van der Waals surface area contributed by atoms with Gasteiger partial charge in [-0.3, -0.25) is 4.79 Å². The number of halogens is 1. The summed E-state index contributed by atoms with van der Waals surface area (Å²) in [4.78, 5) is 11.3. The normalized spacial score (nSPS) is 14.7. The molecule has 1 aromatic rings. The monoisotopic (exact) mass is 211 g/mol. The SMILES string of the molecule is CC(O)C(=O)C(N)Cc1cccc(F)c1. The second-order valence-electron chi connectivity index (χ2n) is 3.52. The molecule has 0 saturated heterocycles. The Morgan fingerprint density at radius 2 is 2.27 bits per heavy atom. The summed E-state index contributed by atoms with van der Waals surface area (Å²) in [5.74, 6) is -0.788. The van der Waals surface area contributed by atoms with Crippen LogP contribution < -0.4 is 5.73 Å². The van der Waals surface area contributed by atoms with Crippen molar-refractivity contribution in [3.05, 3.63) is 35.6 Å². The molecule has 15 heavy (non-hydrogen) atoms. The molecule has 0 radical (unpaired) electrons. The van der Waals surface area contributed by atoms with Crippen molar-refractivity contribution >= 4 is 5.78 Å². The van der Waals surface area contributed by atoms with Crippen LogP contribution in [0.2, 0.25) is 0 Å². The Bertz CT molecular complexity index is 352. The molecule has 4 heteroatoms. The van der Waals surface area contributed by atoms with Gasteiger partial charge >= 0.3 is 0 Å². The van der Waals surface area contributed by atoms with Crippen LogP contribution in [-0.2, 0) is 11.2 Å². The number of carbonyl (C=O) groups excluding carboxylic acids is 1. The number of ketones is 1. The highest BCUT2D eigenvalue weighted by Crippen LogP contribution is 2.06. The van der Waals surface area contributed by atoms with Crippen LogP contribution in [0.15, 0.2) is 24.3 Å². The minimum Gasteiger partial charge on any atom is -0.386 e. The van der Waals surface area contributed by atoms with E-state index >= 15 is 0 Å². The number of benzene rings is 1. The van der Waals surface area contributed by atoms with Gasteiger partial charge in [0, 0.05) is 0 Å². The molecule has 3 nitrogen and oxygen atoms in total. The molecule has 1 aromatic carbocycles. The van der Waals surface area contributed by atoms with Gasteiger partial charge in [0.15, 0.2) is 5.78 Å². The van der Waals surface area contributed by atoms with Crippen LogP contribution in [0.4, 0.5) is 4.39 Å². The highest BCUT2D eigenvalue weighted by atomic mass is 19.1. The van der Waals surface area contributed by atoms with E-state index in [1.165, 1.54) is 19.1 Å². The zero-order valence-corrected chi connectivity index (χ0v) is 8.48.